The van der Waals surface area contributed by atoms with Gasteiger partial charge in [-0.05, 0) is 82.3 Å². The number of carbonyl (C=O) groups excluding carboxylic acids is 6. The van der Waals surface area contributed by atoms with E-state index in [4.69, 9.17) is 5.53 Å². The molecule has 7 N–H and O–H groups in total. The number of carbonyl (C=O) groups is 6. The second-order valence-electron chi connectivity index (χ2n) is 15.4. The molecule has 0 aliphatic rings. The first kappa shape index (κ1) is 49.4. The summed E-state index contributed by atoms with van der Waals surface area (Å²) in [5, 5.41) is 23.4. The molecule has 0 fully saturated rings. The first-order chi connectivity index (χ1) is 31.3. The molecule has 348 valence electrons. The zero-order chi connectivity index (χ0) is 48.4. The average molecular weight is 918 g/mol. The maximum Gasteiger partial charge on any atom is 0.292 e. The topological polar surface area (TPSA) is 244 Å². The van der Waals surface area contributed by atoms with Crippen LogP contribution in [-0.2, 0) is 36.8 Å². The highest BCUT2D eigenvalue weighted by Gasteiger charge is 2.30. The van der Waals surface area contributed by atoms with Crippen molar-refractivity contribution in [3.05, 3.63) is 128 Å². The second kappa shape index (κ2) is 21.8. The quantitative estimate of drug-likeness (QED) is 0.0197. The van der Waals surface area contributed by atoms with Crippen molar-refractivity contribution < 1.29 is 51.6 Å². The molecule has 4 amide bonds. The molecule has 0 spiro atoms. The van der Waals surface area contributed by atoms with Gasteiger partial charge in [0.1, 0.15) is 29.0 Å². The lowest BCUT2D eigenvalue weighted by Gasteiger charge is -2.08. The van der Waals surface area contributed by atoms with E-state index >= 15 is 0 Å². The number of rotatable bonds is 21. The summed E-state index contributed by atoms with van der Waals surface area (Å²) in [6, 6.07) is 5.78. The van der Waals surface area contributed by atoms with Gasteiger partial charge < -0.3 is 35.7 Å². The molecular weight excluding hydrogens is 869 g/mol. The summed E-state index contributed by atoms with van der Waals surface area (Å²) in [4.78, 5) is 78.3. The largest absolute Gasteiger partial charge is 0.343 e. The number of benzene rings is 2. The van der Waals surface area contributed by atoms with Crippen molar-refractivity contribution >= 4 is 46.6 Å². The number of unbranched alkanes of at least 4 members (excludes halogenated alkanes) is 3. The van der Waals surface area contributed by atoms with Crippen molar-refractivity contribution in [2.45, 2.75) is 66.5 Å². The molecule has 5 rings (SSSR count). The molecule has 18 nitrogen and oxygen atoms in total. The van der Waals surface area contributed by atoms with Gasteiger partial charge >= 0.3 is 0 Å². The molecule has 0 unspecified atom stereocenters. The summed E-state index contributed by atoms with van der Waals surface area (Å²) < 4.78 is 58.5. The number of halogens is 4. The monoisotopic (exact) mass is 917 g/mol. The Balaban J connectivity index is 1.00. The fraction of sp³-hybridized carbons (Fsp3) is 0.318. The first-order valence-electron chi connectivity index (χ1n) is 20.6. The average Bonchev–Trinajstić information content (AvgIpc) is 3.90. The van der Waals surface area contributed by atoms with Gasteiger partial charge in [0.2, 0.25) is 0 Å². The van der Waals surface area contributed by atoms with Crippen molar-refractivity contribution in [1.82, 2.24) is 34.8 Å². The standard InChI is InChI=1S/C44H48F4N12O6/c1-23-35(25(3)58(5)37(23)41(63)53-27-11-13-31(45)33(47)17-27)39(61)43(65)51-20-29(55-49)19-50-15-9-7-8-10-16-60-22-30(56-57-60)21-52-44(66)40(62)36-24(2)38(59(6)26(36)4)42(64)54-28-12-14-32(46)34(48)18-28/h11-14,17-19,22,49-50H,7-10,15-16,20-21H2,1-6H3,(H,51,65)(H,52,66)(H,53,63)(H,54,64)/p+1/b29-19-,55-49?. The van der Waals surface area contributed by atoms with Crippen LogP contribution >= 0.6 is 0 Å². The van der Waals surface area contributed by atoms with Crippen molar-refractivity contribution in [3.8, 4) is 0 Å². The fourth-order valence-corrected chi connectivity index (χ4v) is 7.30. The van der Waals surface area contributed by atoms with Crippen LogP contribution in [0.4, 0.5) is 28.9 Å². The highest BCUT2D eigenvalue weighted by Crippen LogP contribution is 2.25. The molecule has 0 bridgehead atoms. The minimum absolute atomic E-state index is 0.00356. The molecule has 5 aromatic rings. The van der Waals surface area contributed by atoms with E-state index in [1.165, 1.54) is 42.2 Å². The maximum atomic E-state index is 13.7. The van der Waals surface area contributed by atoms with E-state index < -0.39 is 58.5 Å². The van der Waals surface area contributed by atoms with E-state index in [-0.39, 0.29) is 63.8 Å². The van der Waals surface area contributed by atoms with Gasteiger partial charge in [-0.1, -0.05) is 11.6 Å². The van der Waals surface area contributed by atoms with Crippen LogP contribution in [0.5, 0.6) is 0 Å². The number of nitrogens with one attached hydrogen (secondary N) is 5. The van der Waals surface area contributed by atoms with Crippen molar-refractivity contribution in [3.63, 3.8) is 0 Å². The van der Waals surface area contributed by atoms with Gasteiger partial charge in [-0.25, -0.2) is 23.1 Å². The number of hydrogen-bond donors (Lipinski definition) is 6. The predicted molar refractivity (Wildman–Crippen MR) is 230 cm³/mol. The highest BCUT2D eigenvalue weighted by molar-refractivity contribution is 6.44. The van der Waals surface area contributed by atoms with Gasteiger partial charge in [0.05, 0.1) is 37.0 Å². The van der Waals surface area contributed by atoms with Gasteiger partial charge in [-0.3, -0.25) is 33.4 Å². The molecular formula is C44H49F4N12O6+. The molecule has 0 saturated carbocycles. The smallest absolute Gasteiger partial charge is 0.292 e. The summed E-state index contributed by atoms with van der Waals surface area (Å²) in [6.07, 6.45) is 6.55. The number of aromatic nitrogens is 5. The third kappa shape index (κ3) is 11.5. The number of nitrogens with zero attached hydrogens (tertiary/aromatic N) is 6. The van der Waals surface area contributed by atoms with Gasteiger partial charge in [0, 0.05) is 55.5 Å². The summed E-state index contributed by atoms with van der Waals surface area (Å²) >= 11 is 0. The van der Waals surface area contributed by atoms with Crippen molar-refractivity contribution in [2.24, 2.45) is 19.2 Å². The number of Topliss-reactive ketones (excluding diaryl/α,β-unsaturated/α-hetero) is 2. The molecule has 0 saturated heterocycles. The Labute approximate surface area is 375 Å². The van der Waals surface area contributed by atoms with Crippen LogP contribution in [0.1, 0.15) is 95.6 Å². The SMILES string of the molecule is Cc1c(C(=O)C(=O)NC/C(=C/[NH2+]CCCCCCn2cc(CNC(=O)C(=O)c3c(C)c(C(=O)Nc4ccc(F)c(F)c4)n(C)c3C)nn2)N=N)c(C)n(C)c1C(=O)Nc1ccc(F)c(F)c1. The number of aryl methyl sites for hydroxylation is 1. The van der Waals surface area contributed by atoms with Crippen LogP contribution in [0.25, 0.3) is 0 Å². The normalized spacial score (nSPS) is 11.3. The van der Waals surface area contributed by atoms with Gasteiger partial charge in [0.15, 0.2) is 23.3 Å². The molecule has 0 aliphatic heterocycles. The molecule has 66 heavy (non-hydrogen) atoms. The number of anilines is 2. The molecule has 2 aromatic carbocycles. The van der Waals surface area contributed by atoms with Crippen molar-refractivity contribution in [2.75, 3.05) is 23.7 Å². The number of quaternary nitrogens is 1. The molecule has 0 aliphatic carbocycles. The summed E-state index contributed by atoms with van der Waals surface area (Å²) in [6.45, 7) is 7.09. The third-order valence-electron chi connectivity index (χ3n) is 10.9. The molecule has 0 radical (unpaired) electrons. The Hall–Kier alpha value is -7.62. The third-order valence-corrected chi connectivity index (χ3v) is 10.9. The van der Waals surface area contributed by atoms with Gasteiger partial charge in [0.25, 0.3) is 35.2 Å². The van der Waals surface area contributed by atoms with Crippen molar-refractivity contribution in [1.29, 1.82) is 5.53 Å². The Kier molecular flexibility index (Phi) is 16.3. The first-order valence-corrected chi connectivity index (χ1v) is 20.6. The highest BCUT2D eigenvalue weighted by atomic mass is 19.2. The summed E-state index contributed by atoms with van der Waals surface area (Å²) in [7, 11) is 3.08. The van der Waals surface area contributed by atoms with Crippen LogP contribution in [0.15, 0.2) is 59.6 Å². The Morgan fingerprint density at radius 3 is 1.71 bits per heavy atom. The molecule has 3 aromatic heterocycles. The van der Waals surface area contributed by atoms with Crippen LogP contribution in [0, 0.1) is 56.5 Å². The summed E-state index contributed by atoms with van der Waals surface area (Å²) in [5.41, 5.74) is 9.46. The second-order valence-corrected chi connectivity index (χ2v) is 15.4. The Morgan fingerprint density at radius 1 is 0.712 bits per heavy atom. The molecule has 22 heteroatoms. The molecule has 3 heterocycles. The van der Waals surface area contributed by atoms with E-state index in [1.807, 2.05) is 5.32 Å². The van der Waals surface area contributed by atoms with Gasteiger partial charge in [-0.15, -0.1) is 5.10 Å². The van der Waals surface area contributed by atoms with Gasteiger partial charge in [-0.2, -0.15) is 5.11 Å². The molecule has 0 atom stereocenters. The Bertz CT molecular complexity index is 2760. The van der Waals surface area contributed by atoms with E-state index in [9.17, 15) is 46.3 Å². The number of amides is 4. The lowest BCUT2D eigenvalue weighted by atomic mass is 10.0. The number of hydrogen-bond acceptors (Lipinski definition) is 10. The van der Waals surface area contributed by atoms with E-state index in [1.54, 1.807) is 38.0 Å². The maximum absolute atomic E-state index is 13.7. The van der Waals surface area contributed by atoms with Crippen LogP contribution in [-0.4, -0.2) is 72.4 Å². The number of ketones is 2. The zero-order valence-corrected chi connectivity index (χ0v) is 37.0. The number of nitrogens with two attached hydrogens (primary N) is 1. The predicted octanol–water partition coefficient (Wildman–Crippen LogP) is 4.74. The van der Waals surface area contributed by atoms with E-state index in [0.29, 0.717) is 30.2 Å². The van der Waals surface area contributed by atoms with Crippen LogP contribution in [0.2, 0.25) is 0 Å². The Morgan fingerprint density at radius 2 is 1.21 bits per heavy atom. The lowest BCUT2D eigenvalue weighted by molar-refractivity contribution is -0.589. The fourth-order valence-electron chi connectivity index (χ4n) is 7.30. The van der Waals surface area contributed by atoms with E-state index in [2.05, 4.69) is 36.7 Å². The lowest BCUT2D eigenvalue weighted by Crippen LogP contribution is -2.78. The van der Waals surface area contributed by atoms with Crippen LogP contribution in [0.3, 0.4) is 0 Å². The zero-order valence-electron chi connectivity index (χ0n) is 37.0. The van der Waals surface area contributed by atoms with E-state index in [0.717, 1.165) is 49.9 Å². The summed E-state index contributed by atoms with van der Waals surface area (Å²) in [5.74, 6) is -9.44. The van der Waals surface area contributed by atoms with Crippen LogP contribution < -0.4 is 26.6 Å². The minimum atomic E-state index is -1.15. The minimum Gasteiger partial charge on any atom is -0.343 e.